The van der Waals surface area contributed by atoms with Crippen molar-refractivity contribution in [2.75, 3.05) is 7.11 Å². The molecule has 6 heteroatoms. The maximum atomic E-state index is 13.7. The largest absolute Gasteiger partial charge is 0.496 e. The third-order valence-corrected chi connectivity index (χ3v) is 4.25. The average Bonchev–Trinajstić information content (AvgIpc) is 2.57. The molecule has 0 bridgehead atoms. The molecule has 0 fully saturated rings. The molecule has 0 amide bonds. The molecular weight excluding hydrogens is 333 g/mol. The number of carboxylic acids is 1. The van der Waals surface area contributed by atoms with E-state index in [4.69, 9.17) is 16.3 Å². The lowest BCUT2D eigenvalue weighted by Crippen LogP contribution is -2.02. The Morgan fingerprint density at radius 1 is 1.25 bits per heavy atom. The van der Waals surface area contributed by atoms with E-state index in [0.29, 0.717) is 38.5 Å². The molecule has 0 aliphatic rings. The van der Waals surface area contributed by atoms with E-state index < -0.39 is 11.8 Å². The second-order valence-electron chi connectivity index (χ2n) is 5.27. The summed E-state index contributed by atoms with van der Waals surface area (Å²) in [5, 5.41) is 10.5. The molecule has 4 nitrogen and oxygen atoms in total. The second kappa shape index (κ2) is 6.09. The van der Waals surface area contributed by atoms with E-state index in [-0.39, 0.29) is 5.56 Å². The summed E-state index contributed by atoms with van der Waals surface area (Å²) >= 11 is 6.13. The maximum Gasteiger partial charge on any atom is 0.336 e. The van der Waals surface area contributed by atoms with Gasteiger partial charge in [-0.05, 0) is 42.8 Å². The molecule has 1 N–H and O–H groups in total. The van der Waals surface area contributed by atoms with Crippen LogP contribution in [0.3, 0.4) is 0 Å². The molecule has 0 aliphatic carbocycles. The summed E-state index contributed by atoms with van der Waals surface area (Å²) in [6, 6.07) is 8.67. The third kappa shape index (κ3) is 2.67. The first kappa shape index (κ1) is 16.2. The fourth-order valence-electron chi connectivity index (χ4n) is 2.60. The fraction of sp³-hybridized carbons (Fsp3) is 0.111. The molecule has 1 heterocycles. The molecule has 0 radical (unpaired) electrons. The average molecular weight is 346 g/mol. The van der Waals surface area contributed by atoms with Gasteiger partial charge in [0.25, 0.3) is 0 Å². The lowest BCUT2D eigenvalue weighted by Gasteiger charge is -2.12. The number of nitrogens with zero attached hydrogens (tertiary/aromatic N) is 1. The van der Waals surface area contributed by atoms with Crippen LogP contribution in [-0.4, -0.2) is 23.2 Å². The first-order valence-corrected chi connectivity index (χ1v) is 7.47. The van der Waals surface area contributed by atoms with Crippen LogP contribution in [0.2, 0.25) is 5.02 Å². The number of halogens is 2. The van der Waals surface area contributed by atoms with Crippen LogP contribution in [0.4, 0.5) is 4.39 Å². The molecule has 2 aromatic carbocycles. The molecule has 0 saturated heterocycles. The first-order valence-electron chi connectivity index (χ1n) is 7.09. The number of aryl methyl sites for hydroxylation is 1. The number of aromatic nitrogens is 1. The summed E-state index contributed by atoms with van der Waals surface area (Å²) in [6.45, 7) is 1.76. The van der Waals surface area contributed by atoms with Gasteiger partial charge < -0.3 is 9.84 Å². The van der Waals surface area contributed by atoms with Gasteiger partial charge in [0.15, 0.2) is 0 Å². The second-order valence-corrected chi connectivity index (χ2v) is 5.68. The van der Waals surface area contributed by atoms with Crippen molar-refractivity contribution in [3.8, 4) is 17.0 Å². The fourth-order valence-corrected chi connectivity index (χ4v) is 2.75. The van der Waals surface area contributed by atoms with Gasteiger partial charge in [-0.25, -0.2) is 14.2 Å². The Kier molecular flexibility index (Phi) is 4.11. The lowest BCUT2D eigenvalue weighted by molar-refractivity contribution is 0.0699. The van der Waals surface area contributed by atoms with Crippen LogP contribution >= 0.6 is 11.6 Å². The first-order chi connectivity index (χ1) is 11.4. The van der Waals surface area contributed by atoms with Crippen LogP contribution in [0.25, 0.3) is 22.2 Å². The molecule has 0 spiro atoms. The van der Waals surface area contributed by atoms with Gasteiger partial charge in [-0.2, -0.15) is 0 Å². The number of fused-ring (bicyclic) bond motifs is 1. The summed E-state index contributed by atoms with van der Waals surface area (Å²) in [5.41, 5.74) is 1.88. The number of ether oxygens (including phenoxy) is 1. The number of aromatic carboxylic acids is 1. The minimum atomic E-state index is -1.10. The number of carboxylic acid groups (broad SMARTS) is 1. The molecule has 3 aromatic rings. The van der Waals surface area contributed by atoms with E-state index in [1.165, 1.54) is 31.4 Å². The third-order valence-electron chi connectivity index (χ3n) is 3.84. The zero-order valence-corrected chi connectivity index (χ0v) is 13.7. The van der Waals surface area contributed by atoms with Crippen LogP contribution in [0.15, 0.2) is 36.4 Å². The van der Waals surface area contributed by atoms with Crippen LogP contribution in [-0.2, 0) is 0 Å². The standard InChI is InChI=1S/C18H13ClFNO3/c1-9-14(19)5-4-11-12(18(22)23)8-15(21-17(9)11)13-7-10(20)3-6-16(13)24-2/h3-8H,1-2H3,(H,22,23). The highest BCUT2D eigenvalue weighted by molar-refractivity contribution is 6.32. The number of rotatable bonds is 3. The maximum absolute atomic E-state index is 13.7. The Morgan fingerprint density at radius 2 is 2.00 bits per heavy atom. The minimum Gasteiger partial charge on any atom is -0.496 e. The zero-order valence-electron chi connectivity index (χ0n) is 12.9. The Balaban J connectivity index is 2.40. The van der Waals surface area contributed by atoms with Crippen LogP contribution in [0.1, 0.15) is 15.9 Å². The topological polar surface area (TPSA) is 59.4 Å². The highest BCUT2D eigenvalue weighted by atomic mass is 35.5. The smallest absolute Gasteiger partial charge is 0.336 e. The van der Waals surface area contributed by atoms with Crippen molar-refractivity contribution in [1.29, 1.82) is 0 Å². The Bertz CT molecular complexity index is 972. The Hall–Kier alpha value is -2.66. The van der Waals surface area contributed by atoms with Gasteiger partial charge >= 0.3 is 5.97 Å². The van der Waals surface area contributed by atoms with Gasteiger partial charge in [-0.15, -0.1) is 0 Å². The van der Waals surface area contributed by atoms with Gasteiger partial charge in [-0.1, -0.05) is 17.7 Å². The summed E-state index contributed by atoms with van der Waals surface area (Å²) in [5.74, 6) is -1.16. The van der Waals surface area contributed by atoms with Crippen molar-refractivity contribution in [2.24, 2.45) is 0 Å². The normalized spacial score (nSPS) is 10.8. The SMILES string of the molecule is COc1ccc(F)cc1-c1cc(C(=O)O)c2ccc(Cl)c(C)c2n1. The van der Waals surface area contributed by atoms with E-state index in [0.717, 1.165) is 0 Å². The number of hydrogen-bond donors (Lipinski definition) is 1. The van der Waals surface area contributed by atoms with Gasteiger partial charge in [0.1, 0.15) is 11.6 Å². The van der Waals surface area contributed by atoms with Crippen molar-refractivity contribution in [3.63, 3.8) is 0 Å². The molecule has 3 rings (SSSR count). The summed E-state index contributed by atoms with van der Waals surface area (Å²) in [7, 11) is 1.46. The number of carbonyl (C=O) groups is 1. The number of hydrogen-bond acceptors (Lipinski definition) is 3. The van der Waals surface area contributed by atoms with Gasteiger partial charge in [-0.3, -0.25) is 0 Å². The Morgan fingerprint density at radius 3 is 2.67 bits per heavy atom. The van der Waals surface area contributed by atoms with Crippen LogP contribution in [0.5, 0.6) is 5.75 Å². The van der Waals surface area contributed by atoms with E-state index in [2.05, 4.69) is 4.98 Å². The summed E-state index contributed by atoms with van der Waals surface area (Å²) in [4.78, 5) is 16.2. The van der Waals surface area contributed by atoms with Gasteiger partial charge in [0.2, 0.25) is 0 Å². The van der Waals surface area contributed by atoms with Crippen molar-refractivity contribution in [1.82, 2.24) is 4.98 Å². The van der Waals surface area contributed by atoms with Gasteiger partial charge in [0.05, 0.1) is 23.9 Å². The molecule has 1 aromatic heterocycles. The molecular formula is C18H13ClFNO3. The van der Waals surface area contributed by atoms with E-state index in [9.17, 15) is 14.3 Å². The predicted molar refractivity (Wildman–Crippen MR) is 90.4 cm³/mol. The lowest BCUT2D eigenvalue weighted by atomic mass is 10.0. The predicted octanol–water partition coefficient (Wildman–Crippen LogP) is 4.71. The molecule has 0 atom stereocenters. The van der Waals surface area contributed by atoms with E-state index in [1.807, 2.05) is 0 Å². The van der Waals surface area contributed by atoms with Crippen LogP contribution < -0.4 is 4.74 Å². The zero-order chi connectivity index (χ0) is 17.4. The molecule has 0 unspecified atom stereocenters. The van der Waals surface area contributed by atoms with Crippen molar-refractivity contribution < 1.29 is 19.0 Å². The quantitative estimate of drug-likeness (QED) is 0.746. The van der Waals surface area contributed by atoms with Crippen molar-refractivity contribution >= 4 is 28.5 Å². The van der Waals surface area contributed by atoms with E-state index in [1.54, 1.807) is 19.1 Å². The molecule has 0 aliphatic heterocycles. The highest BCUT2D eigenvalue weighted by Crippen LogP contribution is 2.34. The molecule has 24 heavy (non-hydrogen) atoms. The highest BCUT2D eigenvalue weighted by Gasteiger charge is 2.17. The van der Waals surface area contributed by atoms with Crippen LogP contribution in [0, 0.1) is 12.7 Å². The Labute approximate surface area is 142 Å². The van der Waals surface area contributed by atoms with Crippen molar-refractivity contribution in [3.05, 3.63) is 58.4 Å². The number of methoxy groups -OCH3 is 1. The number of benzene rings is 2. The molecule has 122 valence electrons. The van der Waals surface area contributed by atoms with Crippen molar-refractivity contribution in [2.45, 2.75) is 6.92 Å². The minimum absolute atomic E-state index is 0.0704. The summed E-state index contributed by atoms with van der Waals surface area (Å²) < 4.78 is 18.9. The number of pyridine rings is 1. The van der Waals surface area contributed by atoms with Gasteiger partial charge in [0, 0.05) is 16.0 Å². The van der Waals surface area contributed by atoms with E-state index >= 15 is 0 Å². The monoisotopic (exact) mass is 345 g/mol. The molecule has 0 saturated carbocycles. The summed E-state index contributed by atoms with van der Waals surface area (Å²) in [6.07, 6.45) is 0.